The van der Waals surface area contributed by atoms with Crippen LogP contribution in [0.5, 0.6) is 0 Å². The van der Waals surface area contributed by atoms with Crippen molar-refractivity contribution in [2.75, 3.05) is 20.3 Å². The number of carbonyl (C=O) groups is 3. The van der Waals surface area contributed by atoms with Crippen LogP contribution in [-0.2, 0) is 23.9 Å². The number of nitrogens with zero attached hydrogens (tertiary/aromatic N) is 1. The van der Waals surface area contributed by atoms with Gasteiger partial charge in [-0.2, -0.15) is 0 Å². The molecule has 0 bridgehead atoms. The summed E-state index contributed by atoms with van der Waals surface area (Å²) >= 11 is 0. The van der Waals surface area contributed by atoms with Gasteiger partial charge in [-0.1, -0.05) is 70.2 Å². The molecule has 9 heteroatoms. The predicted octanol–water partition coefficient (Wildman–Crippen LogP) is 4.70. The summed E-state index contributed by atoms with van der Waals surface area (Å²) in [6.45, 7) is 8.72. The molecule has 1 saturated heterocycles. The molecule has 1 aliphatic heterocycles. The van der Waals surface area contributed by atoms with Crippen molar-refractivity contribution in [3.63, 3.8) is 0 Å². The van der Waals surface area contributed by atoms with Crippen LogP contribution in [-0.4, -0.2) is 49.5 Å². The van der Waals surface area contributed by atoms with E-state index in [9.17, 15) is 14.4 Å². The lowest BCUT2D eigenvalue weighted by Gasteiger charge is -2.30. The molecule has 1 unspecified atom stereocenters. The van der Waals surface area contributed by atoms with E-state index in [1.807, 2.05) is 70.2 Å². The van der Waals surface area contributed by atoms with Crippen LogP contribution in [0.2, 0.25) is 0 Å². The number of carbonyl (C=O) groups excluding carboxylic acids is 3. The molecule has 2 rings (SSSR count). The lowest BCUT2D eigenvalue weighted by molar-refractivity contribution is -0.203. The summed E-state index contributed by atoms with van der Waals surface area (Å²) in [6.07, 6.45) is 6.02. The van der Waals surface area contributed by atoms with Crippen molar-refractivity contribution in [1.29, 1.82) is 0 Å². The van der Waals surface area contributed by atoms with E-state index in [4.69, 9.17) is 14.3 Å². The van der Waals surface area contributed by atoms with E-state index in [2.05, 4.69) is 10.9 Å². The van der Waals surface area contributed by atoms with E-state index in [0.717, 1.165) is 18.4 Å². The Kier molecular flexibility index (Phi) is 13.1. The van der Waals surface area contributed by atoms with Gasteiger partial charge in [-0.15, -0.1) is 0 Å². The number of methoxy groups -OCH3 is 1. The Balaban J connectivity index is 2.25. The quantitative estimate of drug-likeness (QED) is 0.390. The molecular formula is C28H43N3O6. The maximum atomic E-state index is 13.5. The van der Waals surface area contributed by atoms with Gasteiger partial charge in [0.2, 0.25) is 11.8 Å². The first-order valence-electron chi connectivity index (χ1n) is 13.2. The third-order valence-electron chi connectivity index (χ3n) is 6.00. The van der Waals surface area contributed by atoms with Crippen LogP contribution >= 0.6 is 0 Å². The molecule has 37 heavy (non-hydrogen) atoms. The number of hydrogen-bond donors (Lipinski definition) is 2. The van der Waals surface area contributed by atoms with Gasteiger partial charge in [-0.05, 0) is 43.1 Å². The number of amides is 3. The number of hydrazine groups is 1. The molecule has 9 nitrogen and oxygen atoms in total. The number of nitrogens with one attached hydrogen (secondary N) is 2. The zero-order valence-corrected chi connectivity index (χ0v) is 22.8. The average Bonchev–Trinajstić information content (AvgIpc) is 2.88. The first kappa shape index (κ1) is 30.3. The minimum Gasteiger partial charge on any atom is -0.452 e. The molecule has 1 aromatic rings. The Morgan fingerprint density at radius 1 is 1.05 bits per heavy atom. The van der Waals surface area contributed by atoms with Gasteiger partial charge in [-0.3, -0.25) is 15.0 Å². The fourth-order valence-electron chi connectivity index (χ4n) is 4.19. The molecule has 1 aliphatic rings. The fraction of sp³-hybridized carbons (Fsp3) is 0.607. The smallest absolute Gasteiger partial charge is 0.428 e. The second-order valence-electron chi connectivity index (χ2n) is 10.2. The second-order valence-corrected chi connectivity index (χ2v) is 10.2. The molecule has 2 N–H and O–H groups in total. The fourth-order valence-corrected chi connectivity index (χ4v) is 4.19. The Hall–Kier alpha value is -2.91. The van der Waals surface area contributed by atoms with Crippen LogP contribution in [0.1, 0.15) is 65.4 Å². The Bertz CT molecular complexity index is 868. The maximum Gasteiger partial charge on any atom is 0.428 e. The maximum absolute atomic E-state index is 13.5. The molecule has 0 saturated carbocycles. The first-order chi connectivity index (χ1) is 17.7. The third-order valence-corrected chi connectivity index (χ3v) is 6.00. The van der Waals surface area contributed by atoms with E-state index in [0.29, 0.717) is 25.9 Å². The number of allylic oxidation sites excluding steroid dienone is 1. The monoisotopic (exact) mass is 517 g/mol. The Morgan fingerprint density at radius 2 is 1.78 bits per heavy atom. The Labute approximate surface area is 220 Å². The molecule has 3 atom stereocenters. The van der Waals surface area contributed by atoms with E-state index in [1.54, 1.807) is 0 Å². The predicted molar refractivity (Wildman–Crippen MR) is 141 cm³/mol. The molecule has 1 aromatic carbocycles. The standard InChI is InChI=1S/C28H43N3O6/c1-20(2)18-24(26(32)29-31(19-21(3)4)28(34)35-5)23(15-11-14-22-12-7-6-8-13-22)27(33)30-37-25-16-9-10-17-36-25/h6-8,11-14,20-21,23-25H,9-10,15-19H2,1-5H3,(H,29,32)(H,30,33)/t23-,24?,25+/m1/s1. The SMILES string of the molecule is COC(=O)N(CC(C)C)NC(=O)C(CC(C)C)[C@@H](CC=Cc1ccccc1)C(=O)NO[C@H]1CCCCO1. The van der Waals surface area contributed by atoms with E-state index >= 15 is 0 Å². The average molecular weight is 518 g/mol. The van der Waals surface area contributed by atoms with Crippen molar-refractivity contribution in [2.24, 2.45) is 23.7 Å². The molecule has 0 spiro atoms. The van der Waals surface area contributed by atoms with Gasteiger partial charge >= 0.3 is 6.09 Å². The van der Waals surface area contributed by atoms with Crippen LogP contribution in [0.25, 0.3) is 6.08 Å². The van der Waals surface area contributed by atoms with Gasteiger partial charge in [0.15, 0.2) is 6.29 Å². The summed E-state index contributed by atoms with van der Waals surface area (Å²) in [5.74, 6) is -2.04. The van der Waals surface area contributed by atoms with Crippen molar-refractivity contribution in [2.45, 2.75) is 66.1 Å². The van der Waals surface area contributed by atoms with E-state index in [1.165, 1.54) is 12.1 Å². The van der Waals surface area contributed by atoms with Crippen molar-refractivity contribution < 1.29 is 28.7 Å². The minimum absolute atomic E-state index is 0.0970. The number of hydrogen-bond acceptors (Lipinski definition) is 6. The van der Waals surface area contributed by atoms with Gasteiger partial charge in [0.25, 0.3) is 0 Å². The third kappa shape index (κ3) is 10.9. The zero-order chi connectivity index (χ0) is 27.2. The van der Waals surface area contributed by atoms with Crippen LogP contribution in [0.3, 0.4) is 0 Å². The summed E-state index contributed by atoms with van der Waals surface area (Å²) in [4.78, 5) is 44.8. The van der Waals surface area contributed by atoms with E-state index in [-0.39, 0.29) is 18.4 Å². The van der Waals surface area contributed by atoms with Gasteiger partial charge in [0.1, 0.15) is 0 Å². The lowest BCUT2D eigenvalue weighted by Crippen LogP contribution is -2.52. The Morgan fingerprint density at radius 3 is 2.38 bits per heavy atom. The summed E-state index contributed by atoms with van der Waals surface area (Å²) in [5, 5.41) is 1.17. The number of benzene rings is 1. The van der Waals surface area contributed by atoms with Crippen LogP contribution in [0.4, 0.5) is 4.79 Å². The highest BCUT2D eigenvalue weighted by atomic mass is 16.8. The summed E-state index contributed by atoms with van der Waals surface area (Å²) in [5.41, 5.74) is 6.24. The second kappa shape index (κ2) is 16.0. The molecule has 1 heterocycles. The zero-order valence-electron chi connectivity index (χ0n) is 22.8. The molecule has 206 valence electrons. The first-order valence-corrected chi connectivity index (χ1v) is 13.2. The largest absolute Gasteiger partial charge is 0.452 e. The highest BCUT2D eigenvalue weighted by molar-refractivity contribution is 5.88. The molecular weight excluding hydrogens is 474 g/mol. The molecule has 3 amide bonds. The summed E-state index contributed by atoms with van der Waals surface area (Å²) in [7, 11) is 1.27. The van der Waals surface area contributed by atoms with Crippen molar-refractivity contribution in [3.8, 4) is 0 Å². The van der Waals surface area contributed by atoms with E-state index < -0.39 is 36.0 Å². The van der Waals surface area contributed by atoms with Crippen LogP contribution in [0, 0.1) is 23.7 Å². The van der Waals surface area contributed by atoms with Crippen LogP contribution < -0.4 is 10.9 Å². The van der Waals surface area contributed by atoms with Crippen molar-refractivity contribution in [3.05, 3.63) is 42.0 Å². The summed E-state index contributed by atoms with van der Waals surface area (Å²) < 4.78 is 10.4. The van der Waals surface area contributed by atoms with Gasteiger partial charge in [-0.25, -0.2) is 20.1 Å². The topological polar surface area (TPSA) is 106 Å². The van der Waals surface area contributed by atoms with Crippen molar-refractivity contribution >= 4 is 24.0 Å². The highest BCUT2D eigenvalue weighted by Gasteiger charge is 2.35. The number of ether oxygens (including phenoxy) is 2. The summed E-state index contributed by atoms with van der Waals surface area (Å²) in [6, 6.07) is 9.74. The number of rotatable bonds is 12. The van der Waals surface area contributed by atoms with Crippen molar-refractivity contribution in [1.82, 2.24) is 15.9 Å². The van der Waals surface area contributed by atoms with Gasteiger partial charge in [0.05, 0.1) is 18.9 Å². The molecule has 1 fully saturated rings. The lowest BCUT2D eigenvalue weighted by atomic mass is 9.82. The highest BCUT2D eigenvalue weighted by Crippen LogP contribution is 2.26. The molecule has 0 aliphatic carbocycles. The van der Waals surface area contributed by atoms with Gasteiger partial charge < -0.3 is 9.47 Å². The molecule has 0 radical (unpaired) electrons. The normalized spacial score (nSPS) is 17.4. The molecule has 0 aromatic heterocycles. The number of hydroxylamine groups is 1. The van der Waals surface area contributed by atoms with Crippen LogP contribution in [0.15, 0.2) is 36.4 Å². The minimum atomic E-state index is -0.732. The van der Waals surface area contributed by atoms with Gasteiger partial charge in [0, 0.05) is 19.6 Å².